The molecule has 2 N–H and O–H groups in total. The summed E-state index contributed by atoms with van der Waals surface area (Å²) in [5.41, 5.74) is 1.05. The fourth-order valence-corrected chi connectivity index (χ4v) is 1.97. The maximum Gasteiger partial charge on any atom is 0.337 e. The van der Waals surface area contributed by atoms with E-state index in [-0.39, 0.29) is 17.2 Å². The van der Waals surface area contributed by atoms with E-state index in [9.17, 15) is 4.79 Å². The molecule has 20 heavy (non-hydrogen) atoms. The van der Waals surface area contributed by atoms with Crippen LogP contribution in [0.2, 0.25) is 5.02 Å². The summed E-state index contributed by atoms with van der Waals surface area (Å²) in [6.07, 6.45) is 0.597. The van der Waals surface area contributed by atoms with Gasteiger partial charge in [-0.05, 0) is 36.2 Å². The van der Waals surface area contributed by atoms with Gasteiger partial charge < -0.3 is 14.9 Å². The number of carbonyl (C=O) groups is 1. The van der Waals surface area contributed by atoms with Gasteiger partial charge in [0, 0.05) is 12.7 Å². The Kier molecular flexibility index (Phi) is 4.61. The zero-order valence-corrected chi connectivity index (χ0v) is 11.3. The molecule has 104 valence electrons. The van der Waals surface area contributed by atoms with Crippen LogP contribution in [0.4, 0.5) is 0 Å². The summed E-state index contributed by atoms with van der Waals surface area (Å²) in [5.74, 6) is 0.00986. The van der Waals surface area contributed by atoms with Gasteiger partial charge in [-0.2, -0.15) is 0 Å². The van der Waals surface area contributed by atoms with Gasteiger partial charge in [0.1, 0.15) is 11.5 Å². The van der Waals surface area contributed by atoms with E-state index < -0.39 is 5.97 Å². The number of ether oxygens (including phenoxy) is 1. The molecule has 0 saturated heterocycles. The Morgan fingerprint density at radius 3 is 2.30 bits per heavy atom. The Hall–Kier alpha value is -2.04. The van der Waals surface area contributed by atoms with E-state index in [2.05, 4.69) is 0 Å². The van der Waals surface area contributed by atoms with Gasteiger partial charge in [-0.3, -0.25) is 0 Å². The molecule has 0 bridgehead atoms. The average Bonchev–Trinajstić information content (AvgIpc) is 2.41. The lowest BCUT2D eigenvalue weighted by atomic mass is 10.1. The normalized spacial score (nSPS) is 10.3. The first-order valence-electron chi connectivity index (χ1n) is 6.00. The molecule has 0 spiro atoms. The van der Waals surface area contributed by atoms with Crippen molar-refractivity contribution in [3.8, 4) is 11.5 Å². The third kappa shape index (κ3) is 3.50. The summed E-state index contributed by atoms with van der Waals surface area (Å²) in [6, 6.07) is 11.7. The molecule has 0 amide bonds. The number of halogens is 1. The maximum absolute atomic E-state index is 10.8. The summed E-state index contributed by atoms with van der Waals surface area (Å²) in [4.78, 5) is 10.8. The van der Waals surface area contributed by atoms with Gasteiger partial charge in [-0.1, -0.05) is 23.7 Å². The van der Waals surface area contributed by atoms with Crippen LogP contribution in [0.5, 0.6) is 11.5 Å². The van der Waals surface area contributed by atoms with Crippen molar-refractivity contribution >= 4 is 17.6 Å². The molecule has 0 radical (unpaired) electrons. The van der Waals surface area contributed by atoms with Gasteiger partial charge in [-0.15, -0.1) is 0 Å². The third-order valence-corrected chi connectivity index (χ3v) is 3.04. The molecule has 2 aromatic carbocycles. The smallest absolute Gasteiger partial charge is 0.337 e. The largest absolute Gasteiger partial charge is 0.478 e. The van der Waals surface area contributed by atoms with Crippen LogP contribution in [0.3, 0.4) is 0 Å². The second kappa shape index (κ2) is 6.41. The Morgan fingerprint density at radius 2 is 1.75 bits per heavy atom. The Bertz CT molecular complexity index is 608. The summed E-state index contributed by atoms with van der Waals surface area (Å²) in [5, 5.41) is 17.8. The lowest BCUT2D eigenvalue weighted by molar-refractivity contribution is 0.0697. The number of hydrogen-bond donors (Lipinski definition) is 2. The van der Waals surface area contributed by atoms with Crippen LogP contribution in [0.25, 0.3) is 0 Å². The van der Waals surface area contributed by atoms with E-state index in [1.54, 1.807) is 18.2 Å². The van der Waals surface area contributed by atoms with Crippen molar-refractivity contribution in [1.29, 1.82) is 0 Å². The number of carboxylic acid groups (broad SMARTS) is 1. The van der Waals surface area contributed by atoms with Crippen molar-refractivity contribution in [2.24, 2.45) is 0 Å². The molecular weight excluding hydrogens is 280 g/mol. The minimum absolute atomic E-state index is 0.0392. The van der Waals surface area contributed by atoms with Crippen LogP contribution < -0.4 is 4.74 Å². The van der Waals surface area contributed by atoms with Crippen LogP contribution in [-0.4, -0.2) is 22.8 Å². The highest BCUT2D eigenvalue weighted by atomic mass is 35.5. The molecule has 0 fully saturated rings. The molecule has 2 rings (SSSR count). The number of aliphatic hydroxyl groups is 1. The molecule has 5 heteroatoms. The highest BCUT2D eigenvalue weighted by molar-refractivity contribution is 6.33. The summed E-state index contributed by atoms with van der Waals surface area (Å²) in [6.45, 7) is 0.104. The van der Waals surface area contributed by atoms with E-state index in [4.69, 9.17) is 26.6 Å². The van der Waals surface area contributed by atoms with Crippen molar-refractivity contribution in [3.05, 3.63) is 58.6 Å². The molecular formula is C15H13ClO4. The standard InChI is InChI=1S/C15H13ClO4/c16-14-9-12(5-6-13(14)15(18)19)20-11-3-1-10(2-4-11)7-8-17/h1-6,9,17H,7-8H2,(H,18,19). The molecule has 0 heterocycles. The van der Waals surface area contributed by atoms with Gasteiger partial charge in [0.05, 0.1) is 10.6 Å². The monoisotopic (exact) mass is 292 g/mol. The molecule has 2 aromatic rings. The van der Waals surface area contributed by atoms with E-state index >= 15 is 0 Å². The lowest BCUT2D eigenvalue weighted by Gasteiger charge is -2.08. The summed E-state index contributed by atoms with van der Waals surface area (Å²) < 4.78 is 5.59. The number of benzene rings is 2. The first-order valence-corrected chi connectivity index (χ1v) is 6.38. The van der Waals surface area contributed by atoms with E-state index in [0.717, 1.165) is 5.56 Å². The van der Waals surface area contributed by atoms with Crippen molar-refractivity contribution in [1.82, 2.24) is 0 Å². The lowest BCUT2D eigenvalue weighted by Crippen LogP contribution is -1.97. The van der Waals surface area contributed by atoms with Gasteiger partial charge in [0.15, 0.2) is 0 Å². The van der Waals surface area contributed by atoms with Crippen LogP contribution >= 0.6 is 11.6 Å². The van der Waals surface area contributed by atoms with Crippen LogP contribution in [0, 0.1) is 0 Å². The molecule has 0 aliphatic rings. The zero-order valence-electron chi connectivity index (χ0n) is 10.5. The first-order chi connectivity index (χ1) is 9.60. The minimum Gasteiger partial charge on any atom is -0.478 e. The second-order valence-electron chi connectivity index (χ2n) is 4.17. The van der Waals surface area contributed by atoms with Gasteiger partial charge in [0.25, 0.3) is 0 Å². The zero-order chi connectivity index (χ0) is 14.5. The number of aromatic carboxylic acids is 1. The fourth-order valence-electron chi connectivity index (χ4n) is 1.72. The molecule has 0 aliphatic heterocycles. The average molecular weight is 293 g/mol. The Morgan fingerprint density at radius 1 is 1.10 bits per heavy atom. The van der Waals surface area contributed by atoms with Crippen molar-refractivity contribution in [2.45, 2.75) is 6.42 Å². The highest BCUT2D eigenvalue weighted by Gasteiger charge is 2.09. The highest BCUT2D eigenvalue weighted by Crippen LogP contribution is 2.27. The van der Waals surface area contributed by atoms with Crippen LogP contribution in [-0.2, 0) is 6.42 Å². The molecule has 0 aromatic heterocycles. The topological polar surface area (TPSA) is 66.8 Å². The van der Waals surface area contributed by atoms with E-state index in [1.807, 2.05) is 12.1 Å². The minimum atomic E-state index is -1.07. The molecule has 0 atom stereocenters. The Labute approximate surface area is 121 Å². The van der Waals surface area contributed by atoms with Crippen molar-refractivity contribution in [3.63, 3.8) is 0 Å². The predicted molar refractivity (Wildman–Crippen MR) is 75.7 cm³/mol. The van der Waals surface area contributed by atoms with Gasteiger partial charge in [0.2, 0.25) is 0 Å². The number of carboxylic acids is 1. The third-order valence-electron chi connectivity index (χ3n) is 2.73. The maximum atomic E-state index is 10.8. The van der Waals surface area contributed by atoms with Crippen LogP contribution in [0.1, 0.15) is 15.9 Å². The molecule has 0 aliphatic carbocycles. The summed E-state index contributed by atoms with van der Waals surface area (Å²) in [7, 11) is 0. The summed E-state index contributed by atoms with van der Waals surface area (Å²) >= 11 is 5.87. The van der Waals surface area contributed by atoms with E-state index in [0.29, 0.717) is 17.9 Å². The Balaban J connectivity index is 2.13. The number of rotatable bonds is 5. The number of hydrogen-bond acceptors (Lipinski definition) is 3. The molecule has 0 unspecified atom stereocenters. The second-order valence-corrected chi connectivity index (χ2v) is 4.57. The SMILES string of the molecule is O=C(O)c1ccc(Oc2ccc(CCO)cc2)cc1Cl. The van der Waals surface area contributed by atoms with Gasteiger partial charge >= 0.3 is 5.97 Å². The van der Waals surface area contributed by atoms with Crippen molar-refractivity contribution < 1.29 is 19.7 Å². The number of aliphatic hydroxyl groups excluding tert-OH is 1. The van der Waals surface area contributed by atoms with E-state index in [1.165, 1.54) is 12.1 Å². The fraction of sp³-hybridized carbons (Fsp3) is 0.133. The van der Waals surface area contributed by atoms with Gasteiger partial charge in [-0.25, -0.2) is 4.79 Å². The quantitative estimate of drug-likeness (QED) is 0.887. The molecule has 0 saturated carbocycles. The molecule has 4 nitrogen and oxygen atoms in total. The van der Waals surface area contributed by atoms with Crippen LogP contribution in [0.15, 0.2) is 42.5 Å². The van der Waals surface area contributed by atoms with Crippen molar-refractivity contribution in [2.75, 3.05) is 6.61 Å². The predicted octanol–water partition coefficient (Wildman–Crippen LogP) is 3.37. The first kappa shape index (κ1) is 14.4.